The summed E-state index contributed by atoms with van der Waals surface area (Å²) in [4.78, 5) is 28.2. The van der Waals surface area contributed by atoms with Gasteiger partial charge in [-0.05, 0) is 12.8 Å². The van der Waals surface area contributed by atoms with Crippen LogP contribution in [0.1, 0.15) is 38.8 Å². The zero-order chi connectivity index (χ0) is 14.4. The van der Waals surface area contributed by atoms with E-state index < -0.39 is 5.97 Å². The Hall–Kier alpha value is -1.63. The van der Waals surface area contributed by atoms with Crippen molar-refractivity contribution in [3.05, 3.63) is 11.1 Å². The minimum Gasteiger partial charge on any atom is -0.481 e. The second-order valence-corrected chi connectivity index (χ2v) is 5.24. The van der Waals surface area contributed by atoms with Gasteiger partial charge in [0.05, 0.1) is 12.1 Å². The second-order valence-electron chi connectivity index (χ2n) is 4.39. The van der Waals surface area contributed by atoms with Crippen LogP contribution in [0, 0.1) is 0 Å². The summed E-state index contributed by atoms with van der Waals surface area (Å²) in [6, 6.07) is -0.312. The lowest BCUT2D eigenvalue weighted by atomic mass is 10.2. The maximum absolute atomic E-state index is 11.9. The van der Waals surface area contributed by atoms with Crippen molar-refractivity contribution < 1.29 is 14.7 Å². The molecule has 0 aliphatic heterocycles. The number of amides is 2. The average Bonchev–Trinajstić information content (AvgIpc) is 2.78. The summed E-state index contributed by atoms with van der Waals surface area (Å²) >= 11 is 1.37. The number of carboxylic acids is 1. The molecule has 0 spiro atoms. The Morgan fingerprint density at radius 3 is 2.68 bits per heavy atom. The molecular formula is C12H19N3O3S. The van der Waals surface area contributed by atoms with Gasteiger partial charge in [-0.3, -0.25) is 10.1 Å². The largest absolute Gasteiger partial charge is 0.481 e. The normalized spacial score (nSPS) is 10.5. The summed E-state index contributed by atoms with van der Waals surface area (Å²) in [5, 5.41) is 13.8. The number of thiazole rings is 1. The molecule has 7 heteroatoms. The number of rotatable bonds is 6. The second kappa shape index (κ2) is 7.08. The Morgan fingerprint density at radius 1 is 1.53 bits per heavy atom. The van der Waals surface area contributed by atoms with Crippen LogP contribution in [0.3, 0.4) is 0 Å². The molecule has 1 heterocycles. The number of urea groups is 1. The number of carboxylic acid groups (broad SMARTS) is 1. The lowest BCUT2D eigenvalue weighted by Gasteiger charge is -2.19. The molecular weight excluding hydrogens is 266 g/mol. The Balaban J connectivity index is 2.58. The van der Waals surface area contributed by atoms with Crippen molar-refractivity contribution in [2.24, 2.45) is 0 Å². The van der Waals surface area contributed by atoms with Crippen molar-refractivity contribution in [3.63, 3.8) is 0 Å². The molecule has 0 saturated heterocycles. The highest BCUT2D eigenvalue weighted by Crippen LogP contribution is 2.21. The van der Waals surface area contributed by atoms with Crippen LogP contribution in [0.25, 0.3) is 0 Å². The van der Waals surface area contributed by atoms with Gasteiger partial charge in [-0.2, -0.15) is 0 Å². The zero-order valence-electron chi connectivity index (χ0n) is 11.3. The minimum absolute atomic E-state index is 0.0592. The van der Waals surface area contributed by atoms with Crippen molar-refractivity contribution in [3.8, 4) is 0 Å². The molecule has 0 unspecified atom stereocenters. The van der Waals surface area contributed by atoms with Crippen molar-refractivity contribution in [1.29, 1.82) is 0 Å². The summed E-state index contributed by atoms with van der Waals surface area (Å²) in [5.41, 5.74) is 0.939. The summed E-state index contributed by atoms with van der Waals surface area (Å²) < 4.78 is 0. The van der Waals surface area contributed by atoms with Gasteiger partial charge in [0.25, 0.3) is 0 Å². The van der Waals surface area contributed by atoms with E-state index in [0.717, 1.165) is 5.69 Å². The average molecular weight is 285 g/mol. The lowest BCUT2D eigenvalue weighted by molar-refractivity contribution is -0.137. The van der Waals surface area contributed by atoms with Crippen LogP contribution in [0.4, 0.5) is 9.93 Å². The van der Waals surface area contributed by atoms with Crippen LogP contribution in [0.15, 0.2) is 5.38 Å². The molecule has 0 aromatic carbocycles. The molecule has 0 atom stereocenters. The fourth-order valence-corrected chi connectivity index (χ4v) is 2.27. The third kappa shape index (κ3) is 4.86. The molecule has 1 rings (SSSR count). The van der Waals surface area contributed by atoms with Crippen molar-refractivity contribution >= 4 is 28.5 Å². The molecule has 2 amide bonds. The Bertz CT molecular complexity index is 445. The molecule has 0 aliphatic carbocycles. The zero-order valence-corrected chi connectivity index (χ0v) is 12.2. The fourth-order valence-electron chi connectivity index (χ4n) is 1.41. The number of carbonyl (C=O) groups excluding carboxylic acids is 1. The molecule has 1 aromatic rings. The van der Waals surface area contributed by atoms with E-state index in [4.69, 9.17) is 5.11 Å². The molecule has 19 heavy (non-hydrogen) atoms. The van der Waals surface area contributed by atoms with E-state index >= 15 is 0 Å². The molecule has 0 radical (unpaired) electrons. The molecule has 2 N–H and O–H groups in total. The quantitative estimate of drug-likeness (QED) is 0.841. The van der Waals surface area contributed by atoms with Crippen LogP contribution in [-0.4, -0.2) is 40.1 Å². The van der Waals surface area contributed by atoms with Gasteiger partial charge < -0.3 is 10.0 Å². The maximum Gasteiger partial charge on any atom is 0.323 e. The van der Waals surface area contributed by atoms with Gasteiger partial charge in [-0.1, -0.05) is 13.8 Å². The van der Waals surface area contributed by atoms with Crippen LogP contribution in [0.5, 0.6) is 0 Å². The fraction of sp³-hybridized carbons (Fsp3) is 0.583. The Kier molecular flexibility index (Phi) is 5.75. The van der Waals surface area contributed by atoms with Gasteiger partial charge in [0.2, 0.25) is 0 Å². The van der Waals surface area contributed by atoms with Gasteiger partial charge in [0, 0.05) is 18.5 Å². The topological polar surface area (TPSA) is 82.5 Å². The van der Waals surface area contributed by atoms with Gasteiger partial charge >= 0.3 is 12.0 Å². The van der Waals surface area contributed by atoms with Crippen LogP contribution in [0.2, 0.25) is 0 Å². The van der Waals surface area contributed by atoms with Crippen molar-refractivity contribution in [2.75, 3.05) is 18.4 Å². The van der Waals surface area contributed by atoms with E-state index in [1.165, 1.54) is 16.2 Å². The number of aliphatic carboxylic acids is 1. The Labute approximate surface area is 116 Å². The number of nitrogens with one attached hydrogen (secondary N) is 1. The number of anilines is 1. The highest BCUT2D eigenvalue weighted by atomic mass is 32.1. The number of hydrogen-bond acceptors (Lipinski definition) is 4. The van der Waals surface area contributed by atoms with Crippen LogP contribution in [-0.2, 0) is 4.79 Å². The monoisotopic (exact) mass is 285 g/mol. The van der Waals surface area contributed by atoms with E-state index in [-0.39, 0.29) is 19.0 Å². The molecule has 106 valence electrons. The maximum atomic E-state index is 11.9. The molecule has 0 fully saturated rings. The van der Waals surface area contributed by atoms with E-state index in [2.05, 4.69) is 10.3 Å². The van der Waals surface area contributed by atoms with Gasteiger partial charge in [-0.15, -0.1) is 11.3 Å². The predicted molar refractivity (Wildman–Crippen MR) is 74.7 cm³/mol. The number of carbonyl (C=O) groups is 2. The van der Waals surface area contributed by atoms with Gasteiger partial charge in [0.1, 0.15) is 0 Å². The first-order valence-electron chi connectivity index (χ1n) is 6.17. The first-order valence-corrected chi connectivity index (χ1v) is 7.05. The summed E-state index contributed by atoms with van der Waals surface area (Å²) in [7, 11) is 0. The molecule has 1 aromatic heterocycles. The smallest absolute Gasteiger partial charge is 0.323 e. The molecule has 0 saturated carbocycles. The first kappa shape index (κ1) is 15.4. The van der Waals surface area contributed by atoms with Crippen molar-refractivity contribution in [1.82, 2.24) is 9.88 Å². The molecule has 6 nitrogen and oxygen atoms in total. The third-order valence-electron chi connectivity index (χ3n) is 2.59. The number of nitrogens with zero attached hydrogens (tertiary/aromatic N) is 2. The molecule has 0 aliphatic rings. The Morgan fingerprint density at radius 2 is 2.21 bits per heavy atom. The lowest BCUT2D eigenvalue weighted by Crippen LogP contribution is -2.36. The SMILES string of the molecule is CCN(CCC(=O)O)C(=O)Nc1nc(C(C)C)cs1. The van der Waals surface area contributed by atoms with E-state index in [1.54, 1.807) is 0 Å². The standard InChI is InChI=1S/C12H19N3O3S/c1-4-15(6-5-10(16)17)12(18)14-11-13-9(7-19-11)8(2)3/h7-8H,4-6H2,1-3H3,(H,16,17)(H,13,14,18). The minimum atomic E-state index is -0.914. The first-order chi connectivity index (χ1) is 8.93. The highest BCUT2D eigenvalue weighted by Gasteiger charge is 2.15. The van der Waals surface area contributed by atoms with E-state index in [9.17, 15) is 9.59 Å². The molecule has 0 bridgehead atoms. The summed E-state index contributed by atoms with van der Waals surface area (Å²) in [6.45, 7) is 6.53. The third-order valence-corrected chi connectivity index (χ3v) is 3.37. The van der Waals surface area contributed by atoms with Gasteiger partial charge in [0.15, 0.2) is 5.13 Å². The van der Waals surface area contributed by atoms with Crippen LogP contribution < -0.4 is 5.32 Å². The summed E-state index contributed by atoms with van der Waals surface area (Å²) in [6.07, 6.45) is -0.0592. The van der Waals surface area contributed by atoms with E-state index in [1.807, 2.05) is 26.2 Å². The highest BCUT2D eigenvalue weighted by molar-refractivity contribution is 7.13. The summed E-state index contributed by atoms with van der Waals surface area (Å²) in [5.74, 6) is -0.598. The van der Waals surface area contributed by atoms with Crippen LogP contribution >= 0.6 is 11.3 Å². The van der Waals surface area contributed by atoms with E-state index in [0.29, 0.717) is 17.6 Å². The van der Waals surface area contributed by atoms with Crippen molar-refractivity contribution in [2.45, 2.75) is 33.1 Å². The number of hydrogen-bond donors (Lipinski definition) is 2. The predicted octanol–water partition coefficient (Wildman–Crippen LogP) is 2.60. The van der Waals surface area contributed by atoms with Gasteiger partial charge in [-0.25, -0.2) is 9.78 Å². The number of aromatic nitrogens is 1.